The van der Waals surface area contributed by atoms with Crippen molar-refractivity contribution in [2.24, 2.45) is 0 Å². The molecule has 0 saturated carbocycles. The van der Waals surface area contributed by atoms with Crippen molar-refractivity contribution in [1.29, 1.82) is 0 Å². The Bertz CT molecular complexity index is 518. The fourth-order valence-corrected chi connectivity index (χ4v) is 3.79. The summed E-state index contributed by atoms with van der Waals surface area (Å²) in [6.07, 6.45) is 0. The highest BCUT2D eigenvalue weighted by Gasteiger charge is 2.58. The van der Waals surface area contributed by atoms with E-state index >= 15 is 0 Å². The summed E-state index contributed by atoms with van der Waals surface area (Å²) in [5.41, 5.74) is 0.996. The fraction of sp³-hybridized carbons (Fsp3) is 0.667. The summed E-state index contributed by atoms with van der Waals surface area (Å²) >= 11 is 6.25. The molecule has 0 radical (unpaired) electrons. The highest BCUT2D eigenvalue weighted by molar-refractivity contribution is 6.30. The third kappa shape index (κ3) is 2.37. The van der Waals surface area contributed by atoms with Crippen LogP contribution in [-0.2, 0) is 0 Å². The summed E-state index contributed by atoms with van der Waals surface area (Å²) in [6, 6.07) is 8.20. The first-order valence-corrected chi connectivity index (χ1v) is 8.06. The van der Waals surface area contributed by atoms with Crippen LogP contribution in [0.25, 0.3) is 0 Å². The molecule has 0 unspecified atom stereocenters. The summed E-state index contributed by atoms with van der Waals surface area (Å²) in [5, 5.41) is 4.64. The van der Waals surface area contributed by atoms with Crippen LogP contribution in [0.1, 0.15) is 55.4 Å². The summed E-state index contributed by atoms with van der Waals surface area (Å²) < 4.78 is 0. The van der Waals surface area contributed by atoms with Gasteiger partial charge in [0, 0.05) is 21.8 Å². The minimum Gasteiger partial charge on any atom is -0.358 e. The minimum absolute atomic E-state index is 0.0334. The van der Waals surface area contributed by atoms with Crippen molar-refractivity contribution < 1.29 is 0 Å². The summed E-state index contributed by atoms with van der Waals surface area (Å²) in [7, 11) is 0. The van der Waals surface area contributed by atoms with Crippen LogP contribution in [0.2, 0.25) is 5.02 Å². The van der Waals surface area contributed by atoms with E-state index in [0.717, 1.165) is 5.02 Å². The van der Waals surface area contributed by atoms with Crippen LogP contribution in [-0.4, -0.2) is 22.2 Å². The molecule has 1 aromatic carbocycles. The van der Waals surface area contributed by atoms with Crippen LogP contribution < -0.4 is 10.2 Å². The van der Waals surface area contributed by atoms with Gasteiger partial charge in [0.25, 0.3) is 0 Å². The third-order valence-electron chi connectivity index (χ3n) is 5.87. The standard InChI is InChI=1S/C18H29ClN2/c1-15(2)17(5,6)21(14-11-9-10-13(19)12-14)18(7,8)16(3,4)20-15/h9-12,20H,1-8H3. The Hall–Kier alpha value is -0.730. The molecule has 1 saturated heterocycles. The van der Waals surface area contributed by atoms with E-state index < -0.39 is 0 Å². The molecule has 21 heavy (non-hydrogen) atoms. The maximum absolute atomic E-state index is 6.25. The van der Waals surface area contributed by atoms with Crippen molar-refractivity contribution in [3.05, 3.63) is 29.3 Å². The van der Waals surface area contributed by atoms with Gasteiger partial charge in [-0.15, -0.1) is 0 Å². The van der Waals surface area contributed by atoms with E-state index in [0.29, 0.717) is 0 Å². The number of anilines is 1. The van der Waals surface area contributed by atoms with Gasteiger partial charge in [0.2, 0.25) is 0 Å². The monoisotopic (exact) mass is 308 g/mol. The molecular weight excluding hydrogens is 280 g/mol. The molecule has 0 atom stereocenters. The molecule has 3 heteroatoms. The molecule has 0 aromatic heterocycles. The first-order valence-electron chi connectivity index (χ1n) is 7.68. The number of nitrogens with zero attached hydrogens (tertiary/aromatic N) is 1. The lowest BCUT2D eigenvalue weighted by atomic mass is 9.66. The Labute approximate surface area is 134 Å². The van der Waals surface area contributed by atoms with Gasteiger partial charge in [-0.25, -0.2) is 0 Å². The molecule has 1 aliphatic rings. The largest absolute Gasteiger partial charge is 0.358 e. The summed E-state index contributed by atoms with van der Waals surface area (Å²) in [4.78, 5) is 2.53. The predicted molar refractivity (Wildman–Crippen MR) is 93.4 cm³/mol. The first-order chi connectivity index (χ1) is 9.33. The third-order valence-corrected chi connectivity index (χ3v) is 6.10. The van der Waals surface area contributed by atoms with Gasteiger partial charge in [-0.2, -0.15) is 0 Å². The van der Waals surface area contributed by atoms with E-state index in [1.165, 1.54) is 5.69 Å². The smallest absolute Gasteiger partial charge is 0.0528 e. The zero-order valence-corrected chi connectivity index (χ0v) is 15.4. The van der Waals surface area contributed by atoms with Gasteiger partial charge in [-0.05, 0) is 73.6 Å². The first kappa shape index (κ1) is 16.6. The fourth-order valence-electron chi connectivity index (χ4n) is 3.61. The van der Waals surface area contributed by atoms with Gasteiger partial charge < -0.3 is 10.2 Å². The molecule has 2 rings (SSSR count). The van der Waals surface area contributed by atoms with Gasteiger partial charge >= 0.3 is 0 Å². The van der Waals surface area contributed by atoms with Crippen LogP contribution in [0.15, 0.2) is 24.3 Å². The minimum atomic E-state index is -0.0588. The number of hydrogen-bond donors (Lipinski definition) is 1. The topological polar surface area (TPSA) is 15.3 Å². The van der Waals surface area contributed by atoms with Crippen molar-refractivity contribution >= 4 is 17.3 Å². The van der Waals surface area contributed by atoms with Crippen molar-refractivity contribution in [1.82, 2.24) is 5.32 Å². The lowest BCUT2D eigenvalue weighted by molar-refractivity contribution is 0.0462. The van der Waals surface area contributed by atoms with Gasteiger partial charge in [-0.1, -0.05) is 17.7 Å². The van der Waals surface area contributed by atoms with Gasteiger partial charge in [0.1, 0.15) is 0 Å². The molecule has 1 aliphatic heterocycles. The van der Waals surface area contributed by atoms with Crippen molar-refractivity contribution in [2.75, 3.05) is 4.90 Å². The average Bonchev–Trinajstić information content (AvgIpc) is 2.24. The molecule has 0 aliphatic carbocycles. The van der Waals surface area contributed by atoms with Crippen LogP contribution >= 0.6 is 11.6 Å². The van der Waals surface area contributed by atoms with Gasteiger partial charge in [0.15, 0.2) is 0 Å². The van der Waals surface area contributed by atoms with E-state index in [4.69, 9.17) is 11.6 Å². The zero-order valence-electron chi connectivity index (χ0n) is 14.6. The quantitative estimate of drug-likeness (QED) is 0.796. The molecule has 0 spiro atoms. The number of hydrogen-bond acceptors (Lipinski definition) is 2. The maximum atomic E-state index is 6.25. The molecule has 1 heterocycles. The number of nitrogens with one attached hydrogen (secondary N) is 1. The van der Waals surface area contributed by atoms with Crippen molar-refractivity contribution in [3.8, 4) is 0 Å². The molecular formula is C18H29ClN2. The Morgan fingerprint density at radius 3 is 1.76 bits per heavy atom. The second-order valence-corrected chi connectivity index (χ2v) is 8.74. The SMILES string of the molecule is CC1(C)NC(C)(C)C(C)(C)N(c2cccc(Cl)c2)C1(C)C. The Morgan fingerprint density at radius 2 is 1.33 bits per heavy atom. The maximum Gasteiger partial charge on any atom is 0.0528 e. The normalized spacial score (nSPS) is 25.7. The number of benzene rings is 1. The van der Waals surface area contributed by atoms with Crippen LogP contribution in [0.3, 0.4) is 0 Å². The van der Waals surface area contributed by atoms with E-state index in [1.54, 1.807) is 0 Å². The van der Waals surface area contributed by atoms with Crippen LogP contribution in [0.5, 0.6) is 0 Å². The molecule has 118 valence electrons. The molecule has 2 nitrogen and oxygen atoms in total. The summed E-state index contributed by atoms with van der Waals surface area (Å²) in [5.74, 6) is 0. The molecule has 0 bridgehead atoms. The van der Waals surface area contributed by atoms with E-state index in [9.17, 15) is 0 Å². The molecule has 1 fully saturated rings. The Kier molecular flexibility index (Phi) is 3.67. The second-order valence-electron chi connectivity index (χ2n) is 8.31. The highest BCUT2D eigenvalue weighted by Crippen LogP contribution is 2.47. The number of halogens is 1. The molecule has 1 N–H and O–H groups in total. The van der Waals surface area contributed by atoms with Gasteiger partial charge in [-0.3, -0.25) is 0 Å². The van der Waals surface area contributed by atoms with E-state index in [-0.39, 0.29) is 22.2 Å². The van der Waals surface area contributed by atoms with Crippen molar-refractivity contribution in [3.63, 3.8) is 0 Å². The lowest BCUT2D eigenvalue weighted by Crippen LogP contribution is -2.84. The van der Waals surface area contributed by atoms with Gasteiger partial charge in [0.05, 0.1) is 11.1 Å². The second kappa shape index (κ2) is 4.63. The van der Waals surface area contributed by atoms with E-state index in [2.05, 4.69) is 77.7 Å². The van der Waals surface area contributed by atoms with Crippen LogP contribution in [0.4, 0.5) is 5.69 Å². The van der Waals surface area contributed by atoms with Crippen molar-refractivity contribution in [2.45, 2.75) is 77.5 Å². The molecule has 0 amide bonds. The summed E-state index contributed by atoms with van der Waals surface area (Å²) in [6.45, 7) is 18.3. The number of rotatable bonds is 1. The Morgan fingerprint density at radius 1 is 0.857 bits per heavy atom. The molecule has 1 aromatic rings. The Balaban J connectivity index is 2.67. The lowest BCUT2D eigenvalue weighted by Gasteiger charge is -2.68. The predicted octanol–water partition coefficient (Wildman–Crippen LogP) is 4.86. The highest BCUT2D eigenvalue weighted by atomic mass is 35.5. The zero-order chi connectivity index (χ0) is 16.3. The van der Waals surface area contributed by atoms with Crippen LogP contribution in [0, 0.1) is 0 Å². The number of piperazine rings is 1. The average molecular weight is 309 g/mol. The van der Waals surface area contributed by atoms with E-state index in [1.807, 2.05) is 12.1 Å².